The van der Waals surface area contributed by atoms with E-state index in [4.69, 9.17) is 9.16 Å². The lowest BCUT2D eigenvalue weighted by Crippen LogP contribution is -2.52. The van der Waals surface area contributed by atoms with Gasteiger partial charge < -0.3 is 9.16 Å². The minimum absolute atomic E-state index is 0.0265. The number of rotatable bonds is 7. The fraction of sp³-hybridized carbons (Fsp3) is 0.385. The molecule has 0 aromatic heterocycles. The normalized spacial score (nSPS) is 17.2. The molecule has 0 radical (unpaired) electrons. The predicted octanol–water partition coefficient (Wildman–Crippen LogP) is 4.59. The smallest absolute Gasteiger partial charge is 0.343 e. The molecule has 0 N–H and O–H groups in total. The highest BCUT2D eigenvalue weighted by atomic mass is 32.2. The van der Waals surface area contributed by atoms with Crippen LogP contribution in [0.25, 0.3) is 0 Å². The number of aryl methyl sites for hydroxylation is 1. The third kappa shape index (κ3) is 6.09. The lowest BCUT2D eigenvalue weighted by Gasteiger charge is -2.40. The van der Waals surface area contributed by atoms with Gasteiger partial charge in [-0.2, -0.15) is 0 Å². The van der Waals surface area contributed by atoms with E-state index in [2.05, 4.69) is 20.8 Å². The van der Waals surface area contributed by atoms with Gasteiger partial charge in [0, 0.05) is 0 Å². The molecule has 1 aliphatic heterocycles. The van der Waals surface area contributed by atoms with Crippen molar-refractivity contribution in [2.45, 2.75) is 63.4 Å². The molecule has 7 nitrogen and oxygen atoms in total. The van der Waals surface area contributed by atoms with Crippen molar-refractivity contribution in [1.29, 1.82) is 0 Å². The molecule has 1 atom stereocenters. The second kappa shape index (κ2) is 10.1. The summed E-state index contributed by atoms with van der Waals surface area (Å²) >= 11 is 0. The first-order chi connectivity index (χ1) is 16.2. The highest BCUT2D eigenvalue weighted by Crippen LogP contribution is 2.38. The highest BCUT2D eigenvalue weighted by molar-refractivity contribution is 7.89. The number of carbonyl (C=O) groups excluding carboxylic acids is 2. The van der Waals surface area contributed by atoms with Gasteiger partial charge in [-0.15, -0.1) is 0 Å². The number of esters is 1. The van der Waals surface area contributed by atoms with Gasteiger partial charge in [-0.1, -0.05) is 68.8 Å². The fourth-order valence-electron chi connectivity index (χ4n) is 3.32. The number of hydrogen-bond donors (Lipinski definition) is 0. The zero-order chi connectivity index (χ0) is 26.0. The Bertz CT molecular complexity index is 1210. The van der Waals surface area contributed by atoms with E-state index < -0.39 is 36.3 Å². The molecule has 188 valence electrons. The highest BCUT2D eigenvalue weighted by Gasteiger charge is 2.44. The first kappa shape index (κ1) is 26.8. The van der Waals surface area contributed by atoms with E-state index >= 15 is 0 Å². The van der Waals surface area contributed by atoms with Crippen molar-refractivity contribution in [2.24, 2.45) is 0 Å². The van der Waals surface area contributed by atoms with Crippen LogP contribution in [-0.4, -0.2) is 45.6 Å². The van der Waals surface area contributed by atoms with Crippen LogP contribution in [0.4, 0.5) is 0 Å². The Hall–Kier alpha value is -2.75. The monoisotopic (exact) mass is 515 g/mol. The Morgan fingerprint density at radius 2 is 1.66 bits per heavy atom. The van der Waals surface area contributed by atoms with E-state index in [1.54, 1.807) is 24.3 Å². The molecule has 0 saturated carbocycles. The lowest BCUT2D eigenvalue weighted by molar-refractivity contribution is -0.143. The van der Waals surface area contributed by atoms with Crippen LogP contribution in [0.1, 0.15) is 31.9 Å². The SMILES string of the molecule is Cc1ccc(S(=O)(=O)N2C[C@@H](O[Si](C)(C)C(C)(C)C)C=C(C(=O)OCc3ccccc3)C2=O)cc1. The maximum absolute atomic E-state index is 13.4. The topological polar surface area (TPSA) is 90.0 Å². The summed E-state index contributed by atoms with van der Waals surface area (Å²) in [4.78, 5) is 26.2. The number of benzene rings is 2. The van der Waals surface area contributed by atoms with Gasteiger partial charge in [0.1, 0.15) is 12.2 Å². The van der Waals surface area contributed by atoms with Crippen LogP contribution in [0.5, 0.6) is 0 Å². The van der Waals surface area contributed by atoms with E-state index in [1.165, 1.54) is 18.2 Å². The number of ether oxygens (including phenoxy) is 1. The average Bonchev–Trinajstić information content (AvgIpc) is 2.78. The van der Waals surface area contributed by atoms with Crippen LogP contribution in [-0.2, 0) is 35.4 Å². The van der Waals surface area contributed by atoms with Crippen molar-refractivity contribution in [1.82, 2.24) is 4.31 Å². The van der Waals surface area contributed by atoms with Gasteiger partial charge >= 0.3 is 5.97 Å². The van der Waals surface area contributed by atoms with Crippen molar-refractivity contribution in [2.75, 3.05) is 6.54 Å². The van der Waals surface area contributed by atoms with Crippen molar-refractivity contribution >= 4 is 30.2 Å². The maximum Gasteiger partial charge on any atom is 0.343 e. The summed E-state index contributed by atoms with van der Waals surface area (Å²) in [6.45, 7) is 11.8. The molecule has 0 bridgehead atoms. The molecule has 1 aliphatic rings. The van der Waals surface area contributed by atoms with Crippen LogP contribution >= 0.6 is 0 Å². The molecule has 2 aromatic rings. The number of carbonyl (C=O) groups is 2. The molecule has 35 heavy (non-hydrogen) atoms. The summed E-state index contributed by atoms with van der Waals surface area (Å²) in [5, 5.41) is -0.156. The number of hydrogen-bond acceptors (Lipinski definition) is 6. The van der Waals surface area contributed by atoms with Crippen molar-refractivity contribution in [3.05, 3.63) is 77.4 Å². The first-order valence-corrected chi connectivity index (χ1v) is 15.8. The predicted molar refractivity (Wildman–Crippen MR) is 136 cm³/mol. The molecule has 9 heteroatoms. The maximum atomic E-state index is 13.4. The third-order valence-corrected chi connectivity index (χ3v) is 12.7. The zero-order valence-corrected chi connectivity index (χ0v) is 22.9. The molecule has 0 saturated heterocycles. The minimum atomic E-state index is -4.21. The van der Waals surface area contributed by atoms with Crippen molar-refractivity contribution in [3.63, 3.8) is 0 Å². The van der Waals surface area contributed by atoms with E-state index in [0.29, 0.717) is 0 Å². The fourth-order valence-corrected chi connectivity index (χ4v) is 5.97. The number of amides is 1. The van der Waals surface area contributed by atoms with Gasteiger partial charge in [0.2, 0.25) is 0 Å². The van der Waals surface area contributed by atoms with Gasteiger partial charge in [0.15, 0.2) is 8.32 Å². The summed E-state index contributed by atoms with van der Waals surface area (Å²) in [5.41, 5.74) is 1.30. The Morgan fingerprint density at radius 3 is 2.23 bits per heavy atom. The van der Waals surface area contributed by atoms with E-state index in [0.717, 1.165) is 15.4 Å². The molecule has 3 rings (SSSR count). The van der Waals surface area contributed by atoms with Crippen molar-refractivity contribution in [3.8, 4) is 0 Å². The quantitative estimate of drug-likeness (QED) is 0.304. The second-order valence-electron chi connectivity index (χ2n) is 10.2. The van der Waals surface area contributed by atoms with Gasteiger partial charge in [0.25, 0.3) is 15.9 Å². The van der Waals surface area contributed by atoms with Crippen LogP contribution < -0.4 is 0 Å². The Balaban J connectivity index is 1.96. The number of nitrogens with zero attached hydrogens (tertiary/aromatic N) is 1. The third-order valence-electron chi connectivity index (χ3n) is 6.45. The van der Waals surface area contributed by atoms with Gasteiger partial charge in [0.05, 0.1) is 17.5 Å². The summed E-state index contributed by atoms with van der Waals surface area (Å²) in [6, 6.07) is 15.3. The zero-order valence-electron chi connectivity index (χ0n) is 21.1. The van der Waals surface area contributed by atoms with E-state index in [-0.39, 0.29) is 28.7 Å². The molecule has 0 spiro atoms. The molecule has 1 heterocycles. The Labute approximate surface area is 208 Å². The van der Waals surface area contributed by atoms with Gasteiger partial charge in [-0.3, -0.25) is 4.79 Å². The second-order valence-corrected chi connectivity index (χ2v) is 16.8. The summed E-state index contributed by atoms with van der Waals surface area (Å²) in [5.74, 6) is -1.80. The molecule has 0 fully saturated rings. The molecular formula is C26H33NO6SSi. The van der Waals surface area contributed by atoms with Crippen LogP contribution in [0.2, 0.25) is 18.1 Å². The first-order valence-electron chi connectivity index (χ1n) is 11.5. The molecule has 2 aromatic carbocycles. The van der Waals surface area contributed by atoms with Crippen molar-refractivity contribution < 1.29 is 27.2 Å². The summed E-state index contributed by atoms with van der Waals surface area (Å²) < 4.78 is 39.4. The number of sulfonamides is 1. The van der Waals surface area contributed by atoms with Gasteiger partial charge in [-0.05, 0) is 48.8 Å². The lowest BCUT2D eigenvalue weighted by atomic mass is 10.1. The summed E-state index contributed by atoms with van der Waals surface area (Å²) in [7, 11) is -6.57. The molecule has 0 unspecified atom stereocenters. The Kier molecular flexibility index (Phi) is 7.73. The standard InChI is InChI=1S/C26H33NO6SSi/c1-19-12-14-22(15-13-19)34(30,31)27-17-21(33-35(5,6)26(2,3)4)16-23(24(27)28)25(29)32-18-20-10-8-7-9-11-20/h7-16,21H,17-18H2,1-6H3/t21-/m0/s1. The molecular weight excluding hydrogens is 482 g/mol. The largest absolute Gasteiger partial charge is 0.457 e. The summed E-state index contributed by atoms with van der Waals surface area (Å²) in [6.07, 6.45) is 0.644. The minimum Gasteiger partial charge on any atom is -0.457 e. The van der Waals surface area contributed by atoms with Crippen LogP contribution in [0, 0.1) is 6.92 Å². The van der Waals surface area contributed by atoms with Gasteiger partial charge in [-0.25, -0.2) is 17.5 Å². The average molecular weight is 516 g/mol. The molecule has 0 aliphatic carbocycles. The van der Waals surface area contributed by atoms with E-state index in [1.807, 2.05) is 38.2 Å². The Morgan fingerprint density at radius 1 is 1.06 bits per heavy atom. The van der Waals surface area contributed by atoms with Crippen LogP contribution in [0.3, 0.4) is 0 Å². The van der Waals surface area contributed by atoms with Crippen LogP contribution in [0.15, 0.2) is 71.1 Å². The van der Waals surface area contributed by atoms with E-state index in [9.17, 15) is 18.0 Å². The molecule has 1 amide bonds.